The summed E-state index contributed by atoms with van der Waals surface area (Å²) in [5.41, 5.74) is -0.651. The number of imide groups is 1. The maximum Gasteiger partial charge on any atom is 0.253 e. The smallest absolute Gasteiger partial charge is 0.253 e. The summed E-state index contributed by atoms with van der Waals surface area (Å²) in [6.45, 7) is 0.160. The number of rotatable bonds is 2. The van der Waals surface area contributed by atoms with Crippen LogP contribution < -0.4 is 0 Å². The van der Waals surface area contributed by atoms with E-state index in [1.165, 1.54) is 12.2 Å². The van der Waals surface area contributed by atoms with Crippen molar-refractivity contribution in [2.45, 2.75) is 25.7 Å². The van der Waals surface area contributed by atoms with Crippen LogP contribution in [0.3, 0.4) is 0 Å². The van der Waals surface area contributed by atoms with Crippen molar-refractivity contribution in [3.63, 3.8) is 0 Å². The van der Waals surface area contributed by atoms with Gasteiger partial charge in [0.25, 0.3) is 11.8 Å². The molecule has 0 aromatic carbocycles. The summed E-state index contributed by atoms with van der Waals surface area (Å²) in [5, 5.41) is 0. The minimum Gasteiger partial charge on any atom is -0.299 e. The molecule has 0 aromatic heterocycles. The molecule has 0 spiro atoms. The molecule has 1 aliphatic heterocycles. The molecule has 4 fully saturated rings. The van der Waals surface area contributed by atoms with Crippen LogP contribution in [0.25, 0.3) is 0 Å². The SMILES string of the molecule is O=C1C2CC3CC1C(=O)C(CN1C(=O)C=CC1=O)(C3)C2. The van der Waals surface area contributed by atoms with Crippen LogP contribution in [0.5, 0.6) is 0 Å². The molecule has 0 saturated heterocycles. The van der Waals surface area contributed by atoms with Crippen LogP contribution in [0, 0.1) is 23.2 Å². The van der Waals surface area contributed by atoms with Gasteiger partial charge in [-0.25, -0.2) is 0 Å². The molecule has 104 valence electrons. The molecule has 5 rings (SSSR count). The van der Waals surface area contributed by atoms with Gasteiger partial charge in [-0.15, -0.1) is 0 Å². The second kappa shape index (κ2) is 3.65. The molecule has 1 heterocycles. The summed E-state index contributed by atoms with van der Waals surface area (Å²) in [6.07, 6.45) is 5.30. The van der Waals surface area contributed by atoms with E-state index in [-0.39, 0.29) is 35.8 Å². The molecule has 0 N–H and O–H groups in total. The Balaban J connectivity index is 1.67. The lowest BCUT2D eigenvalue weighted by molar-refractivity contribution is -0.164. The molecule has 4 saturated carbocycles. The van der Waals surface area contributed by atoms with Gasteiger partial charge >= 0.3 is 0 Å². The predicted molar refractivity (Wildman–Crippen MR) is 67.2 cm³/mol. The molecule has 4 atom stereocenters. The van der Waals surface area contributed by atoms with E-state index in [2.05, 4.69) is 0 Å². The first-order valence-corrected chi connectivity index (χ1v) is 7.12. The topological polar surface area (TPSA) is 71.5 Å². The van der Waals surface area contributed by atoms with Crippen LogP contribution in [0.15, 0.2) is 12.2 Å². The van der Waals surface area contributed by atoms with Crippen molar-refractivity contribution >= 4 is 23.4 Å². The van der Waals surface area contributed by atoms with Gasteiger partial charge in [-0.1, -0.05) is 0 Å². The molecule has 4 aliphatic carbocycles. The number of carbonyl (C=O) groups is 4. The van der Waals surface area contributed by atoms with Crippen molar-refractivity contribution in [3.05, 3.63) is 12.2 Å². The summed E-state index contributed by atoms with van der Waals surface area (Å²) in [4.78, 5) is 49.3. The minimum atomic E-state index is -0.651. The van der Waals surface area contributed by atoms with Crippen LogP contribution in [0.1, 0.15) is 25.7 Å². The lowest BCUT2D eigenvalue weighted by Gasteiger charge is -2.54. The highest BCUT2D eigenvalue weighted by Crippen LogP contribution is 2.56. The molecule has 0 aromatic rings. The third-order valence-corrected chi connectivity index (χ3v) is 5.45. The quantitative estimate of drug-likeness (QED) is 0.542. The van der Waals surface area contributed by atoms with E-state index in [1.807, 2.05) is 0 Å². The molecule has 4 unspecified atom stereocenters. The summed E-state index contributed by atoms with van der Waals surface area (Å²) in [6, 6.07) is 0. The molecule has 0 radical (unpaired) electrons. The molecular formula is C15H15NO4. The Morgan fingerprint density at radius 1 is 1.05 bits per heavy atom. The molecule has 5 nitrogen and oxygen atoms in total. The molecule has 20 heavy (non-hydrogen) atoms. The Kier molecular flexibility index (Phi) is 2.19. The fourth-order valence-electron chi connectivity index (χ4n) is 4.71. The zero-order valence-electron chi connectivity index (χ0n) is 11.0. The Morgan fingerprint density at radius 2 is 1.75 bits per heavy atom. The Bertz CT molecular complexity index is 575. The second-order valence-electron chi connectivity index (χ2n) is 6.64. The first-order valence-electron chi connectivity index (χ1n) is 7.12. The Hall–Kier alpha value is -1.78. The zero-order chi connectivity index (χ0) is 14.1. The van der Waals surface area contributed by atoms with Gasteiger partial charge in [0.2, 0.25) is 0 Å². The van der Waals surface area contributed by atoms with Crippen LogP contribution in [-0.4, -0.2) is 34.8 Å². The van der Waals surface area contributed by atoms with Gasteiger partial charge < -0.3 is 0 Å². The molecule has 2 amide bonds. The average Bonchev–Trinajstić information content (AvgIpc) is 2.72. The van der Waals surface area contributed by atoms with Gasteiger partial charge in [0, 0.05) is 30.0 Å². The number of ketones is 2. The van der Waals surface area contributed by atoms with Crippen molar-refractivity contribution in [3.8, 4) is 0 Å². The first kappa shape index (κ1) is 12.0. The highest BCUT2D eigenvalue weighted by atomic mass is 16.2. The fraction of sp³-hybridized carbons (Fsp3) is 0.600. The van der Waals surface area contributed by atoms with Crippen molar-refractivity contribution < 1.29 is 19.2 Å². The van der Waals surface area contributed by atoms with Crippen LogP contribution in [0.4, 0.5) is 0 Å². The Morgan fingerprint density at radius 3 is 2.45 bits per heavy atom. The van der Waals surface area contributed by atoms with Crippen molar-refractivity contribution in [2.75, 3.05) is 6.54 Å². The second-order valence-corrected chi connectivity index (χ2v) is 6.64. The zero-order valence-corrected chi connectivity index (χ0v) is 11.0. The van der Waals surface area contributed by atoms with E-state index in [4.69, 9.17) is 0 Å². The number of carbonyl (C=O) groups excluding carboxylic acids is 4. The number of hydrogen-bond acceptors (Lipinski definition) is 4. The van der Waals surface area contributed by atoms with Gasteiger partial charge in [-0.2, -0.15) is 0 Å². The largest absolute Gasteiger partial charge is 0.299 e. The van der Waals surface area contributed by atoms with Gasteiger partial charge in [-0.3, -0.25) is 24.1 Å². The van der Waals surface area contributed by atoms with Gasteiger partial charge in [-0.05, 0) is 31.6 Å². The number of hydrogen-bond donors (Lipinski definition) is 0. The minimum absolute atomic E-state index is 0.0257. The average molecular weight is 273 g/mol. The number of nitrogens with zero attached hydrogens (tertiary/aromatic N) is 1. The van der Waals surface area contributed by atoms with E-state index in [0.717, 1.165) is 17.7 Å². The van der Waals surface area contributed by atoms with E-state index >= 15 is 0 Å². The normalized spacial score (nSPS) is 42.2. The Labute approximate surface area is 116 Å². The third kappa shape index (κ3) is 1.38. The van der Waals surface area contributed by atoms with Crippen LogP contribution >= 0.6 is 0 Å². The van der Waals surface area contributed by atoms with E-state index < -0.39 is 11.3 Å². The predicted octanol–water partition coefficient (Wildman–Crippen LogP) is 0.486. The standard InChI is InChI=1S/C15H15NO4/c17-11-1-2-12(18)16(11)7-15-5-8-3-9(6-15)13(19)10(4-8)14(15)20/h1-2,8-10H,3-7H2. The monoisotopic (exact) mass is 273 g/mol. The highest BCUT2D eigenvalue weighted by Gasteiger charge is 2.61. The first-order chi connectivity index (χ1) is 9.50. The maximum absolute atomic E-state index is 12.6. The third-order valence-electron chi connectivity index (χ3n) is 5.45. The van der Waals surface area contributed by atoms with E-state index in [1.54, 1.807) is 0 Å². The van der Waals surface area contributed by atoms with Crippen molar-refractivity contribution in [1.29, 1.82) is 0 Å². The van der Waals surface area contributed by atoms with Crippen molar-refractivity contribution in [1.82, 2.24) is 4.90 Å². The lowest BCUT2D eigenvalue weighted by Crippen LogP contribution is -2.61. The van der Waals surface area contributed by atoms with E-state index in [0.29, 0.717) is 18.8 Å². The summed E-state index contributed by atoms with van der Waals surface area (Å²) < 4.78 is 0. The fourth-order valence-corrected chi connectivity index (χ4v) is 4.71. The van der Waals surface area contributed by atoms with Crippen LogP contribution in [0.2, 0.25) is 0 Å². The summed E-state index contributed by atoms with van der Waals surface area (Å²) in [5.74, 6) is -0.724. The van der Waals surface area contributed by atoms with Gasteiger partial charge in [0.05, 0.1) is 5.92 Å². The summed E-state index contributed by atoms with van der Waals surface area (Å²) in [7, 11) is 0. The molecular weight excluding hydrogens is 258 g/mol. The number of Topliss-reactive ketones (excluding diaryl/α,β-unsaturated/α-hetero) is 2. The van der Waals surface area contributed by atoms with Gasteiger partial charge in [0.15, 0.2) is 5.78 Å². The lowest BCUT2D eigenvalue weighted by atomic mass is 9.48. The van der Waals surface area contributed by atoms with Crippen LogP contribution in [-0.2, 0) is 19.2 Å². The highest BCUT2D eigenvalue weighted by molar-refractivity contribution is 6.14. The molecule has 5 heteroatoms. The summed E-state index contributed by atoms with van der Waals surface area (Å²) >= 11 is 0. The number of amides is 2. The van der Waals surface area contributed by atoms with E-state index in [9.17, 15) is 19.2 Å². The van der Waals surface area contributed by atoms with Gasteiger partial charge in [0.1, 0.15) is 5.78 Å². The molecule has 4 bridgehead atoms. The molecule has 5 aliphatic rings. The van der Waals surface area contributed by atoms with Crippen molar-refractivity contribution in [2.24, 2.45) is 23.2 Å². The maximum atomic E-state index is 12.6.